The van der Waals surface area contributed by atoms with Gasteiger partial charge in [-0.15, -0.1) is 0 Å². The van der Waals surface area contributed by atoms with Gasteiger partial charge in [0.1, 0.15) is 17.5 Å². The maximum absolute atomic E-state index is 13.9. The lowest BCUT2D eigenvalue weighted by Crippen LogP contribution is -2.18. The van der Waals surface area contributed by atoms with E-state index < -0.39 is 0 Å². The molecule has 21 heavy (non-hydrogen) atoms. The molecule has 0 atom stereocenters. The molecule has 112 valence electrons. The first-order valence-corrected chi connectivity index (χ1v) is 7.07. The van der Waals surface area contributed by atoms with Crippen LogP contribution in [0.3, 0.4) is 0 Å². The van der Waals surface area contributed by atoms with Crippen molar-refractivity contribution in [3.8, 4) is 11.3 Å². The zero-order valence-electron chi connectivity index (χ0n) is 13.5. The van der Waals surface area contributed by atoms with Crippen LogP contribution in [0, 0.1) is 19.7 Å². The minimum Gasteiger partial charge on any atom is -0.373 e. The molecule has 2 aromatic rings. The van der Waals surface area contributed by atoms with Gasteiger partial charge in [-0.05, 0) is 25.5 Å². The average Bonchev–Trinajstić information content (AvgIpc) is 2.41. The SMILES string of the molecule is CNc1nc(C(C)(C)C)nc(-c2ccc(C)c(F)c2)c1C. The van der Waals surface area contributed by atoms with Crippen LogP contribution >= 0.6 is 0 Å². The maximum Gasteiger partial charge on any atom is 0.136 e. The van der Waals surface area contributed by atoms with Crippen molar-refractivity contribution in [2.45, 2.75) is 40.0 Å². The van der Waals surface area contributed by atoms with Gasteiger partial charge in [0, 0.05) is 23.6 Å². The molecular weight excluding hydrogens is 265 g/mol. The van der Waals surface area contributed by atoms with Gasteiger partial charge in [0.15, 0.2) is 0 Å². The molecule has 3 nitrogen and oxygen atoms in total. The van der Waals surface area contributed by atoms with Gasteiger partial charge in [0.25, 0.3) is 0 Å². The summed E-state index contributed by atoms with van der Waals surface area (Å²) in [6.07, 6.45) is 0. The smallest absolute Gasteiger partial charge is 0.136 e. The van der Waals surface area contributed by atoms with E-state index in [4.69, 9.17) is 0 Å². The van der Waals surface area contributed by atoms with E-state index in [2.05, 4.69) is 36.1 Å². The highest BCUT2D eigenvalue weighted by Gasteiger charge is 2.21. The average molecular weight is 287 g/mol. The lowest BCUT2D eigenvalue weighted by molar-refractivity contribution is 0.546. The summed E-state index contributed by atoms with van der Waals surface area (Å²) < 4.78 is 13.9. The predicted molar refractivity (Wildman–Crippen MR) is 85.1 cm³/mol. The number of nitrogens with zero attached hydrogens (tertiary/aromatic N) is 2. The molecule has 0 saturated heterocycles. The first kappa shape index (κ1) is 15.4. The van der Waals surface area contributed by atoms with E-state index in [0.29, 0.717) is 5.56 Å². The van der Waals surface area contributed by atoms with E-state index in [1.807, 2.05) is 20.0 Å². The van der Waals surface area contributed by atoms with Crippen LogP contribution in [0.15, 0.2) is 18.2 Å². The Hall–Kier alpha value is -1.97. The van der Waals surface area contributed by atoms with Gasteiger partial charge in [-0.25, -0.2) is 14.4 Å². The number of nitrogens with one attached hydrogen (secondary N) is 1. The monoisotopic (exact) mass is 287 g/mol. The summed E-state index contributed by atoms with van der Waals surface area (Å²) in [7, 11) is 1.83. The molecule has 1 N–H and O–H groups in total. The fourth-order valence-electron chi connectivity index (χ4n) is 2.12. The molecule has 0 spiro atoms. The third kappa shape index (κ3) is 3.04. The van der Waals surface area contributed by atoms with E-state index in [1.165, 1.54) is 6.07 Å². The standard InChI is InChI=1S/C17H22FN3/c1-10-7-8-12(9-13(10)18)14-11(2)15(19-6)21-16(20-14)17(3,4)5/h7-9H,1-6H3,(H,19,20,21). The molecular formula is C17H22FN3. The van der Waals surface area contributed by atoms with Gasteiger partial charge in [-0.3, -0.25) is 0 Å². The summed E-state index contributed by atoms with van der Waals surface area (Å²) in [6.45, 7) is 9.90. The van der Waals surface area contributed by atoms with Gasteiger partial charge >= 0.3 is 0 Å². The van der Waals surface area contributed by atoms with Crippen LogP contribution in [0.2, 0.25) is 0 Å². The van der Waals surface area contributed by atoms with Crippen molar-refractivity contribution in [2.24, 2.45) is 0 Å². The number of anilines is 1. The number of rotatable bonds is 2. The second-order valence-corrected chi connectivity index (χ2v) is 6.33. The normalized spacial score (nSPS) is 11.6. The number of hydrogen-bond donors (Lipinski definition) is 1. The molecule has 1 aromatic carbocycles. The van der Waals surface area contributed by atoms with Crippen molar-refractivity contribution >= 4 is 5.82 Å². The quantitative estimate of drug-likeness (QED) is 0.897. The predicted octanol–water partition coefficient (Wildman–Crippen LogP) is 4.24. The fourth-order valence-corrected chi connectivity index (χ4v) is 2.12. The second kappa shape index (κ2) is 5.43. The molecule has 0 saturated carbocycles. The minimum absolute atomic E-state index is 0.169. The third-order valence-corrected chi connectivity index (χ3v) is 3.50. The van der Waals surface area contributed by atoms with Gasteiger partial charge in [0.2, 0.25) is 0 Å². The topological polar surface area (TPSA) is 37.8 Å². The molecule has 0 aliphatic carbocycles. The van der Waals surface area contributed by atoms with Crippen molar-refractivity contribution < 1.29 is 4.39 Å². The lowest BCUT2D eigenvalue weighted by atomic mass is 9.94. The van der Waals surface area contributed by atoms with E-state index in [0.717, 1.165) is 28.5 Å². The van der Waals surface area contributed by atoms with Crippen molar-refractivity contribution in [2.75, 3.05) is 12.4 Å². The maximum atomic E-state index is 13.9. The number of benzene rings is 1. The molecule has 2 rings (SSSR count). The first-order valence-electron chi connectivity index (χ1n) is 7.07. The fraction of sp³-hybridized carbons (Fsp3) is 0.412. The van der Waals surface area contributed by atoms with Crippen molar-refractivity contribution in [3.05, 3.63) is 41.0 Å². The zero-order chi connectivity index (χ0) is 15.8. The zero-order valence-corrected chi connectivity index (χ0v) is 13.5. The largest absolute Gasteiger partial charge is 0.373 e. The molecule has 0 aliphatic heterocycles. The van der Waals surface area contributed by atoms with E-state index in [1.54, 1.807) is 13.0 Å². The molecule has 0 aliphatic rings. The Bertz CT molecular complexity index is 672. The Balaban J connectivity index is 2.69. The summed E-state index contributed by atoms with van der Waals surface area (Å²) in [5, 5.41) is 3.10. The third-order valence-electron chi connectivity index (χ3n) is 3.50. The van der Waals surface area contributed by atoms with Crippen LogP contribution in [0.25, 0.3) is 11.3 Å². The van der Waals surface area contributed by atoms with Crippen molar-refractivity contribution in [3.63, 3.8) is 0 Å². The number of hydrogen-bond acceptors (Lipinski definition) is 3. The number of aromatic nitrogens is 2. The van der Waals surface area contributed by atoms with Crippen LogP contribution < -0.4 is 5.32 Å². The van der Waals surface area contributed by atoms with Crippen LogP contribution in [-0.4, -0.2) is 17.0 Å². The molecule has 0 radical (unpaired) electrons. The molecule has 0 fully saturated rings. The molecule has 1 heterocycles. The van der Waals surface area contributed by atoms with Crippen LogP contribution in [-0.2, 0) is 5.41 Å². The number of aryl methyl sites for hydroxylation is 1. The number of halogens is 1. The lowest BCUT2D eigenvalue weighted by Gasteiger charge is -2.20. The highest BCUT2D eigenvalue weighted by atomic mass is 19.1. The Morgan fingerprint density at radius 3 is 2.29 bits per heavy atom. The van der Waals surface area contributed by atoms with Gasteiger partial charge in [-0.1, -0.05) is 32.9 Å². The van der Waals surface area contributed by atoms with Crippen molar-refractivity contribution in [1.29, 1.82) is 0 Å². The second-order valence-electron chi connectivity index (χ2n) is 6.33. The van der Waals surface area contributed by atoms with Crippen molar-refractivity contribution in [1.82, 2.24) is 9.97 Å². The summed E-state index contributed by atoms with van der Waals surface area (Å²) in [6, 6.07) is 5.22. The summed E-state index contributed by atoms with van der Waals surface area (Å²) >= 11 is 0. The van der Waals surface area contributed by atoms with E-state index in [-0.39, 0.29) is 11.2 Å². The minimum atomic E-state index is -0.214. The summed E-state index contributed by atoms with van der Waals surface area (Å²) in [4.78, 5) is 9.25. The van der Waals surface area contributed by atoms with E-state index in [9.17, 15) is 4.39 Å². The van der Waals surface area contributed by atoms with Crippen LogP contribution in [0.1, 0.15) is 37.7 Å². The summed E-state index contributed by atoms with van der Waals surface area (Å²) in [5.41, 5.74) is 2.94. The van der Waals surface area contributed by atoms with Crippen LogP contribution in [0.4, 0.5) is 10.2 Å². The molecule has 0 unspecified atom stereocenters. The Labute approximate surface area is 125 Å². The van der Waals surface area contributed by atoms with Gasteiger partial charge in [-0.2, -0.15) is 0 Å². The highest BCUT2D eigenvalue weighted by Crippen LogP contribution is 2.30. The van der Waals surface area contributed by atoms with Crippen LogP contribution in [0.5, 0.6) is 0 Å². The molecule has 4 heteroatoms. The molecule has 0 bridgehead atoms. The van der Waals surface area contributed by atoms with E-state index >= 15 is 0 Å². The molecule has 1 aromatic heterocycles. The Kier molecular flexibility index (Phi) is 3.99. The highest BCUT2D eigenvalue weighted by molar-refractivity contribution is 5.68. The first-order chi connectivity index (χ1) is 9.74. The Morgan fingerprint density at radius 1 is 1.10 bits per heavy atom. The van der Waals surface area contributed by atoms with Gasteiger partial charge < -0.3 is 5.32 Å². The van der Waals surface area contributed by atoms with Gasteiger partial charge in [0.05, 0.1) is 5.69 Å². The Morgan fingerprint density at radius 2 is 1.76 bits per heavy atom. The summed E-state index contributed by atoms with van der Waals surface area (Å²) in [5.74, 6) is 1.31. The molecule has 0 amide bonds.